The molecule has 5 rings (SSSR count). The van der Waals surface area contributed by atoms with E-state index in [1.54, 1.807) is 72.7 Å². The third kappa shape index (κ3) is 6.95. The number of Topliss-reactive ketones (excluding diaryl/α,β-unsaturated/α-hetero) is 1. The Morgan fingerprint density at radius 3 is 2.10 bits per heavy atom. The zero-order valence-electron chi connectivity index (χ0n) is 23.6. The summed E-state index contributed by atoms with van der Waals surface area (Å²) in [6.45, 7) is 0.958. The highest BCUT2D eigenvalue weighted by atomic mass is 16.5. The number of rotatable bonds is 8. The lowest BCUT2D eigenvalue weighted by molar-refractivity contribution is 0.0645. The van der Waals surface area contributed by atoms with E-state index in [1.807, 2.05) is 0 Å². The molecule has 1 aromatic heterocycles. The average Bonchev–Trinajstić information content (AvgIpc) is 3.05. The van der Waals surface area contributed by atoms with Gasteiger partial charge in [-0.25, -0.2) is 0 Å². The Morgan fingerprint density at radius 2 is 1.50 bits per heavy atom. The fraction of sp³-hybridized carbons (Fsp3) is 0.364. The summed E-state index contributed by atoms with van der Waals surface area (Å²) in [5, 5.41) is 12.0. The maximum absolute atomic E-state index is 13.0. The van der Waals surface area contributed by atoms with Gasteiger partial charge in [-0.3, -0.25) is 19.4 Å². The van der Waals surface area contributed by atoms with Gasteiger partial charge in [-0.1, -0.05) is 0 Å². The number of methoxy groups -OCH3 is 1. The summed E-state index contributed by atoms with van der Waals surface area (Å²) in [5.41, 5.74) is 1.94. The number of likely N-dealkylation sites (tertiary alicyclic amines) is 1. The first-order valence-corrected chi connectivity index (χ1v) is 14.3. The van der Waals surface area contributed by atoms with Crippen LogP contribution in [0.2, 0.25) is 0 Å². The fourth-order valence-corrected chi connectivity index (χ4v) is 5.55. The van der Waals surface area contributed by atoms with Crippen molar-refractivity contribution in [3.8, 4) is 17.6 Å². The molecule has 0 radical (unpaired) electrons. The van der Waals surface area contributed by atoms with E-state index in [2.05, 4.69) is 16.4 Å². The van der Waals surface area contributed by atoms with Crippen molar-refractivity contribution in [1.29, 1.82) is 5.26 Å². The van der Waals surface area contributed by atoms with E-state index in [0.29, 0.717) is 48.4 Å². The molecule has 2 aromatic carbocycles. The van der Waals surface area contributed by atoms with Gasteiger partial charge in [0, 0.05) is 36.8 Å². The fourth-order valence-electron chi connectivity index (χ4n) is 5.55. The lowest BCUT2D eigenvalue weighted by Gasteiger charge is -2.31. The molecule has 1 N–H and O–H groups in total. The predicted octanol–water partition coefficient (Wildman–Crippen LogP) is 4.82. The Labute approximate surface area is 245 Å². The van der Waals surface area contributed by atoms with Crippen LogP contribution in [0.4, 0.5) is 0 Å². The van der Waals surface area contributed by atoms with Crippen LogP contribution in [0.15, 0.2) is 66.9 Å². The predicted molar refractivity (Wildman–Crippen MR) is 155 cm³/mol. The van der Waals surface area contributed by atoms with E-state index in [1.165, 1.54) is 6.20 Å². The SMILES string of the molecule is COc1ccc(C(=O)C2CCN(C(=O)c3ccc(C(=O)N[C@H]4CC[C@H](Oc5ccc(C#N)cc5)CC4)cn3)CC2)cc1. The molecule has 2 heterocycles. The van der Waals surface area contributed by atoms with Crippen molar-refractivity contribution in [3.05, 3.63) is 89.2 Å². The number of carbonyl (C=O) groups is 3. The number of ketones is 1. The van der Waals surface area contributed by atoms with Gasteiger partial charge in [0.15, 0.2) is 5.78 Å². The molecule has 2 fully saturated rings. The van der Waals surface area contributed by atoms with Gasteiger partial charge in [0.1, 0.15) is 17.2 Å². The van der Waals surface area contributed by atoms with Gasteiger partial charge < -0.3 is 19.7 Å². The lowest BCUT2D eigenvalue weighted by atomic mass is 9.88. The van der Waals surface area contributed by atoms with Crippen molar-refractivity contribution in [2.24, 2.45) is 5.92 Å². The summed E-state index contributed by atoms with van der Waals surface area (Å²) in [6, 6.07) is 19.6. The molecule has 2 aliphatic rings. The minimum absolute atomic E-state index is 0.0431. The van der Waals surface area contributed by atoms with E-state index in [0.717, 1.165) is 31.4 Å². The second kappa shape index (κ2) is 13.3. The molecule has 1 saturated heterocycles. The Morgan fingerprint density at radius 1 is 0.857 bits per heavy atom. The van der Waals surface area contributed by atoms with Gasteiger partial charge in [-0.05, 0) is 99.2 Å². The molecular weight excluding hydrogens is 532 g/mol. The molecule has 9 heteroatoms. The van der Waals surface area contributed by atoms with Crippen molar-refractivity contribution < 1.29 is 23.9 Å². The van der Waals surface area contributed by atoms with Crippen molar-refractivity contribution in [2.45, 2.75) is 50.7 Å². The Kier molecular flexibility index (Phi) is 9.12. The Bertz CT molecular complexity index is 1430. The standard InChI is InChI=1S/C33H34N4O5/c1-41-27-11-4-23(5-12-27)31(38)24-16-18-37(19-17-24)33(40)30-15-6-25(21-35-30)32(39)36-26-7-13-29(14-8-26)42-28-9-2-22(20-34)3-10-28/h2-6,9-12,15,21,24,26,29H,7-8,13-14,16-19H2,1H3,(H,36,39)/t26-,29-. The van der Waals surface area contributed by atoms with E-state index in [4.69, 9.17) is 14.7 Å². The molecule has 1 aliphatic heterocycles. The van der Waals surface area contributed by atoms with Crippen LogP contribution < -0.4 is 14.8 Å². The molecule has 1 saturated carbocycles. The number of nitrogens with zero attached hydrogens (tertiary/aromatic N) is 3. The quantitative estimate of drug-likeness (QED) is 0.388. The third-order valence-electron chi connectivity index (χ3n) is 8.07. The number of benzene rings is 2. The van der Waals surface area contributed by atoms with Crippen LogP contribution in [0.1, 0.15) is 75.3 Å². The van der Waals surface area contributed by atoms with Gasteiger partial charge >= 0.3 is 0 Å². The summed E-state index contributed by atoms with van der Waals surface area (Å²) in [7, 11) is 1.59. The summed E-state index contributed by atoms with van der Waals surface area (Å²) >= 11 is 0. The van der Waals surface area contributed by atoms with Crippen LogP contribution in [0.5, 0.6) is 11.5 Å². The van der Waals surface area contributed by atoms with Crippen LogP contribution in [0.25, 0.3) is 0 Å². The van der Waals surface area contributed by atoms with Gasteiger partial charge in [-0.15, -0.1) is 0 Å². The number of nitriles is 1. The van der Waals surface area contributed by atoms with Gasteiger partial charge in [0.2, 0.25) is 0 Å². The minimum Gasteiger partial charge on any atom is -0.497 e. The number of amides is 2. The molecule has 42 heavy (non-hydrogen) atoms. The zero-order chi connectivity index (χ0) is 29.5. The molecule has 0 spiro atoms. The number of pyridine rings is 1. The third-order valence-corrected chi connectivity index (χ3v) is 8.07. The van der Waals surface area contributed by atoms with Gasteiger partial charge in [-0.2, -0.15) is 5.26 Å². The maximum atomic E-state index is 13.0. The van der Waals surface area contributed by atoms with Crippen molar-refractivity contribution >= 4 is 17.6 Å². The summed E-state index contributed by atoms with van der Waals surface area (Å²) < 4.78 is 11.2. The van der Waals surface area contributed by atoms with Crippen molar-refractivity contribution in [1.82, 2.24) is 15.2 Å². The topological polar surface area (TPSA) is 122 Å². The van der Waals surface area contributed by atoms with Crippen LogP contribution in [0.3, 0.4) is 0 Å². The number of aromatic nitrogens is 1. The van der Waals surface area contributed by atoms with Crippen LogP contribution in [0, 0.1) is 17.2 Å². The summed E-state index contributed by atoms with van der Waals surface area (Å²) in [6.07, 6.45) is 5.94. The van der Waals surface area contributed by atoms with E-state index in [9.17, 15) is 14.4 Å². The lowest BCUT2D eigenvalue weighted by Crippen LogP contribution is -2.41. The monoisotopic (exact) mass is 566 g/mol. The first kappa shape index (κ1) is 28.8. The molecular formula is C33H34N4O5. The van der Waals surface area contributed by atoms with Crippen molar-refractivity contribution in [3.63, 3.8) is 0 Å². The highest BCUT2D eigenvalue weighted by molar-refractivity contribution is 5.99. The molecule has 216 valence electrons. The number of piperidine rings is 1. The molecule has 0 bridgehead atoms. The number of hydrogen-bond acceptors (Lipinski definition) is 7. The average molecular weight is 567 g/mol. The molecule has 0 unspecified atom stereocenters. The summed E-state index contributed by atoms with van der Waals surface area (Å²) in [5.74, 6) is 1.00. The highest BCUT2D eigenvalue weighted by Gasteiger charge is 2.29. The van der Waals surface area contributed by atoms with E-state index in [-0.39, 0.29) is 41.4 Å². The Hall–Kier alpha value is -4.71. The zero-order valence-corrected chi connectivity index (χ0v) is 23.6. The van der Waals surface area contributed by atoms with Gasteiger partial charge in [0.05, 0.1) is 30.4 Å². The highest BCUT2D eigenvalue weighted by Crippen LogP contribution is 2.26. The second-order valence-corrected chi connectivity index (χ2v) is 10.8. The minimum atomic E-state index is -0.212. The largest absolute Gasteiger partial charge is 0.497 e. The van der Waals surface area contributed by atoms with Crippen LogP contribution >= 0.6 is 0 Å². The van der Waals surface area contributed by atoms with E-state index < -0.39 is 0 Å². The van der Waals surface area contributed by atoms with Gasteiger partial charge in [0.25, 0.3) is 11.8 Å². The number of carbonyl (C=O) groups excluding carboxylic acids is 3. The molecule has 9 nitrogen and oxygen atoms in total. The smallest absolute Gasteiger partial charge is 0.272 e. The van der Waals surface area contributed by atoms with Crippen LogP contribution in [-0.2, 0) is 0 Å². The first-order chi connectivity index (χ1) is 20.4. The molecule has 3 aromatic rings. The molecule has 1 aliphatic carbocycles. The molecule has 2 amide bonds. The number of hydrogen-bond donors (Lipinski definition) is 1. The second-order valence-electron chi connectivity index (χ2n) is 10.8. The van der Waals surface area contributed by atoms with E-state index >= 15 is 0 Å². The normalized spacial score (nSPS) is 18.9. The first-order valence-electron chi connectivity index (χ1n) is 14.3. The van der Waals surface area contributed by atoms with Crippen LogP contribution in [-0.4, -0.2) is 59.8 Å². The number of nitrogens with one attached hydrogen (secondary N) is 1. The summed E-state index contributed by atoms with van der Waals surface area (Å²) in [4.78, 5) is 44.8. The van der Waals surface area contributed by atoms with Crippen molar-refractivity contribution in [2.75, 3.05) is 20.2 Å². The number of ether oxygens (including phenoxy) is 2. The maximum Gasteiger partial charge on any atom is 0.272 e. The Balaban J connectivity index is 1.06. The molecule has 0 atom stereocenters.